The lowest BCUT2D eigenvalue weighted by Crippen LogP contribution is -2.50. The average molecular weight is 287 g/mol. The van der Waals surface area contributed by atoms with E-state index in [1.54, 1.807) is 6.92 Å². The molecule has 2 N–H and O–H groups in total. The second-order valence-corrected chi connectivity index (χ2v) is 4.53. The molecule has 0 aliphatic carbocycles. The number of imide groups is 1. The van der Waals surface area contributed by atoms with Crippen molar-refractivity contribution in [2.24, 2.45) is 0 Å². The molecule has 2 amide bonds. The van der Waals surface area contributed by atoms with Crippen LogP contribution in [0.3, 0.4) is 0 Å². The predicted molar refractivity (Wildman–Crippen MR) is 70.3 cm³/mol. The summed E-state index contributed by atoms with van der Waals surface area (Å²) in [5, 5.41) is 10.8. The van der Waals surface area contributed by atoms with Gasteiger partial charge in [0.25, 0.3) is 0 Å². The van der Waals surface area contributed by atoms with Gasteiger partial charge in [0, 0.05) is 32.7 Å². The van der Waals surface area contributed by atoms with E-state index in [1.807, 2.05) is 9.80 Å². The molecule has 8 heteroatoms. The molecule has 1 saturated heterocycles. The van der Waals surface area contributed by atoms with Gasteiger partial charge in [0.2, 0.25) is 5.91 Å². The normalized spacial score (nSPS) is 16.6. The van der Waals surface area contributed by atoms with Crippen molar-refractivity contribution in [2.75, 3.05) is 45.9 Å². The van der Waals surface area contributed by atoms with E-state index in [0.717, 1.165) is 13.1 Å². The Balaban J connectivity index is 2.20. The Hall–Kier alpha value is -1.67. The molecular formula is C12H21N3O5. The van der Waals surface area contributed by atoms with Crippen LogP contribution < -0.4 is 5.32 Å². The third-order valence-electron chi connectivity index (χ3n) is 2.99. The second kappa shape index (κ2) is 8.49. The van der Waals surface area contributed by atoms with Crippen LogP contribution in [0.1, 0.15) is 13.3 Å². The van der Waals surface area contributed by atoms with Crippen molar-refractivity contribution in [3.63, 3.8) is 0 Å². The van der Waals surface area contributed by atoms with E-state index in [2.05, 4.69) is 10.1 Å². The van der Waals surface area contributed by atoms with Gasteiger partial charge in [-0.3, -0.25) is 19.8 Å². The highest BCUT2D eigenvalue weighted by molar-refractivity contribution is 5.92. The smallest absolute Gasteiger partial charge is 0.413 e. The van der Waals surface area contributed by atoms with E-state index < -0.39 is 12.1 Å². The van der Waals surface area contributed by atoms with Gasteiger partial charge in [0.15, 0.2) is 0 Å². The first-order valence-electron chi connectivity index (χ1n) is 6.64. The molecule has 0 bridgehead atoms. The number of aliphatic carboxylic acids is 1. The van der Waals surface area contributed by atoms with Gasteiger partial charge in [-0.05, 0) is 6.92 Å². The Bertz CT molecular complexity index is 353. The molecule has 1 aliphatic rings. The average Bonchev–Trinajstić information content (AvgIpc) is 2.37. The maximum atomic E-state index is 11.5. The van der Waals surface area contributed by atoms with Crippen LogP contribution >= 0.6 is 0 Å². The Labute approximate surface area is 117 Å². The number of carbonyl (C=O) groups excluding carboxylic acids is 2. The summed E-state index contributed by atoms with van der Waals surface area (Å²) in [6, 6.07) is 0. The Morgan fingerprint density at radius 1 is 1.15 bits per heavy atom. The van der Waals surface area contributed by atoms with Crippen LogP contribution in [-0.2, 0) is 14.3 Å². The van der Waals surface area contributed by atoms with Crippen LogP contribution in [0.4, 0.5) is 4.79 Å². The zero-order valence-corrected chi connectivity index (χ0v) is 11.6. The SMILES string of the molecule is CCOC(=O)NC(=O)CN1CCN(CCC(=O)O)CC1. The molecule has 0 radical (unpaired) electrons. The van der Waals surface area contributed by atoms with Gasteiger partial charge in [0.1, 0.15) is 0 Å². The van der Waals surface area contributed by atoms with E-state index in [9.17, 15) is 14.4 Å². The summed E-state index contributed by atoms with van der Waals surface area (Å²) in [6.45, 7) is 5.36. The molecule has 1 rings (SSSR count). The first-order valence-corrected chi connectivity index (χ1v) is 6.64. The maximum absolute atomic E-state index is 11.5. The molecule has 0 atom stereocenters. The minimum atomic E-state index is -0.804. The minimum Gasteiger partial charge on any atom is -0.481 e. The quantitative estimate of drug-likeness (QED) is 0.669. The number of carboxylic acid groups (broad SMARTS) is 1. The summed E-state index contributed by atoms with van der Waals surface area (Å²) in [6.07, 6.45) is -0.596. The number of nitrogens with one attached hydrogen (secondary N) is 1. The van der Waals surface area contributed by atoms with Crippen LogP contribution in [0.25, 0.3) is 0 Å². The van der Waals surface area contributed by atoms with E-state index >= 15 is 0 Å². The van der Waals surface area contributed by atoms with E-state index in [0.29, 0.717) is 19.6 Å². The summed E-state index contributed by atoms with van der Waals surface area (Å²) in [5.41, 5.74) is 0. The van der Waals surface area contributed by atoms with E-state index in [-0.39, 0.29) is 25.5 Å². The van der Waals surface area contributed by atoms with Crippen LogP contribution in [0.15, 0.2) is 0 Å². The Morgan fingerprint density at radius 3 is 2.30 bits per heavy atom. The molecule has 0 aromatic rings. The lowest BCUT2D eigenvalue weighted by atomic mass is 10.3. The monoisotopic (exact) mass is 287 g/mol. The summed E-state index contributed by atoms with van der Waals surface area (Å²) >= 11 is 0. The van der Waals surface area contributed by atoms with Gasteiger partial charge < -0.3 is 14.7 Å². The fourth-order valence-corrected chi connectivity index (χ4v) is 1.95. The molecule has 8 nitrogen and oxygen atoms in total. The molecule has 1 aliphatic heterocycles. The highest BCUT2D eigenvalue weighted by atomic mass is 16.5. The van der Waals surface area contributed by atoms with Crippen molar-refractivity contribution in [1.82, 2.24) is 15.1 Å². The highest BCUT2D eigenvalue weighted by Gasteiger charge is 2.20. The van der Waals surface area contributed by atoms with E-state index in [4.69, 9.17) is 5.11 Å². The van der Waals surface area contributed by atoms with Gasteiger partial charge in [0.05, 0.1) is 19.6 Å². The number of hydrogen-bond donors (Lipinski definition) is 2. The van der Waals surface area contributed by atoms with Crippen molar-refractivity contribution in [1.29, 1.82) is 0 Å². The van der Waals surface area contributed by atoms with Crippen molar-refractivity contribution < 1.29 is 24.2 Å². The number of nitrogens with zero attached hydrogens (tertiary/aromatic N) is 2. The standard InChI is InChI=1S/C12H21N3O5/c1-2-20-12(19)13-10(16)9-15-7-5-14(6-8-15)4-3-11(17)18/h2-9H2,1H3,(H,17,18)(H,13,16,19). The largest absolute Gasteiger partial charge is 0.481 e. The van der Waals surface area contributed by atoms with Crippen molar-refractivity contribution in [3.05, 3.63) is 0 Å². The summed E-state index contributed by atoms with van der Waals surface area (Å²) in [5.74, 6) is -1.19. The number of carbonyl (C=O) groups is 3. The maximum Gasteiger partial charge on any atom is 0.413 e. The Morgan fingerprint density at radius 2 is 1.75 bits per heavy atom. The number of ether oxygens (including phenoxy) is 1. The number of hydrogen-bond acceptors (Lipinski definition) is 6. The fourth-order valence-electron chi connectivity index (χ4n) is 1.95. The lowest BCUT2D eigenvalue weighted by Gasteiger charge is -2.33. The summed E-state index contributed by atoms with van der Waals surface area (Å²) < 4.78 is 4.62. The van der Waals surface area contributed by atoms with Crippen LogP contribution in [0.5, 0.6) is 0 Å². The third-order valence-corrected chi connectivity index (χ3v) is 2.99. The fraction of sp³-hybridized carbons (Fsp3) is 0.750. The van der Waals surface area contributed by atoms with Gasteiger partial charge >= 0.3 is 12.1 Å². The topological polar surface area (TPSA) is 99.2 Å². The lowest BCUT2D eigenvalue weighted by molar-refractivity contribution is -0.137. The molecule has 0 aromatic carbocycles. The zero-order chi connectivity index (χ0) is 15.0. The van der Waals surface area contributed by atoms with Crippen molar-refractivity contribution in [3.8, 4) is 0 Å². The van der Waals surface area contributed by atoms with Crippen molar-refractivity contribution >= 4 is 18.0 Å². The zero-order valence-electron chi connectivity index (χ0n) is 11.6. The molecule has 114 valence electrons. The van der Waals surface area contributed by atoms with Gasteiger partial charge in [-0.15, -0.1) is 0 Å². The molecule has 0 saturated carbocycles. The summed E-state index contributed by atoms with van der Waals surface area (Å²) in [7, 11) is 0. The van der Waals surface area contributed by atoms with E-state index in [1.165, 1.54) is 0 Å². The highest BCUT2D eigenvalue weighted by Crippen LogP contribution is 2.02. The minimum absolute atomic E-state index is 0.128. The second-order valence-electron chi connectivity index (χ2n) is 4.53. The van der Waals surface area contributed by atoms with Crippen LogP contribution in [0.2, 0.25) is 0 Å². The van der Waals surface area contributed by atoms with Crippen LogP contribution in [-0.4, -0.2) is 78.8 Å². The first-order chi connectivity index (χ1) is 9.51. The van der Waals surface area contributed by atoms with Gasteiger partial charge in [-0.25, -0.2) is 4.79 Å². The van der Waals surface area contributed by atoms with Gasteiger partial charge in [-0.1, -0.05) is 0 Å². The number of rotatable bonds is 6. The molecular weight excluding hydrogens is 266 g/mol. The molecule has 0 spiro atoms. The number of carboxylic acids is 1. The van der Waals surface area contributed by atoms with Crippen molar-refractivity contribution in [2.45, 2.75) is 13.3 Å². The molecule has 0 aromatic heterocycles. The van der Waals surface area contributed by atoms with Gasteiger partial charge in [-0.2, -0.15) is 0 Å². The molecule has 1 heterocycles. The predicted octanol–water partition coefficient (Wildman–Crippen LogP) is -0.649. The molecule has 1 fully saturated rings. The molecule has 0 unspecified atom stereocenters. The third kappa shape index (κ3) is 6.48. The van der Waals surface area contributed by atoms with Crippen LogP contribution in [0, 0.1) is 0 Å². The number of alkyl carbamates (subject to hydrolysis) is 1. The Kier molecular flexibility index (Phi) is 6.96. The number of piperazine rings is 1. The number of amides is 2. The summed E-state index contributed by atoms with van der Waals surface area (Å²) in [4.78, 5) is 37.1. The first kappa shape index (κ1) is 16.4. The molecule has 20 heavy (non-hydrogen) atoms.